The number of ether oxygens (including phenoxy) is 1. The molecule has 2 nitrogen and oxygen atoms in total. The van der Waals surface area contributed by atoms with E-state index in [1.807, 2.05) is 18.2 Å². The number of carbonyl (C=O) groups is 1. The van der Waals surface area contributed by atoms with E-state index in [4.69, 9.17) is 4.74 Å². The average Bonchev–Trinajstić information content (AvgIpc) is 2.27. The number of hydrogen-bond acceptors (Lipinski definition) is 2. The van der Waals surface area contributed by atoms with Crippen LogP contribution in [0.5, 0.6) is 5.75 Å². The quantitative estimate of drug-likeness (QED) is 0.354. The van der Waals surface area contributed by atoms with Crippen molar-refractivity contribution in [2.75, 3.05) is 0 Å². The van der Waals surface area contributed by atoms with E-state index in [-0.39, 0.29) is 23.0 Å². The summed E-state index contributed by atoms with van der Waals surface area (Å²) in [6, 6.07) is 7.47. The number of hydrogen-bond donors (Lipinski definition) is 0. The Morgan fingerprint density at radius 3 is 2.73 bits per heavy atom. The van der Waals surface area contributed by atoms with E-state index >= 15 is 0 Å². The Labute approximate surface area is 75.0 Å². The van der Waals surface area contributed by atoms with Crippen molar-refractivity contribution in [2.45, 2.75) is 6.42 Å². The van der Waals surface area contributed by atoms with Crippen LogP contribution in [0.25, 0.3) is 0 Å². The minimum Gasteiger partial charge on any atom is -0.426 e. The maximum absolute atomic E-state index is 10.7. The molecule has 1 aromatic carbocycles. The van der Waals surface area contributed by atoms with Gasteiger partial charge in [-0.3, -0.25) is 4.79 Å². The summed E-state index contributed by atoms with van der Waals surface area (Å²) >= 11 is 0. The zero-order valence-corrected chi connectivity index (χ0v) is 6.58. The topological polar surface area (TPSA) is 26.3 Å². The normalized spacial score (nSPS) is 13.3. The van der Waals surface area contributed by atoms with Crippen molar-refractivity contribution in [2.24, 2.45) is 0 Å². The van der Waals surface area contributed by atoms with Gasteiger partial charge in [-0.2, -0.15) is 0 Å². The SMILES string of the molecule is O=C1Cc2ccccc2O1.[Cu]. The van der Waals surface area contributed by atoms with Crippen LogP contribution in [0.3, 0.4) is 0 Å². The molecule has 3 heteroatoms. The van der Waals surface area contributed by atoms with Gasteiger partial charge in [0.15, 0.2) is 0 Å². The molecule has 1 aliphatic rings. The second kappa shape index (κ2) is 3.07. The fourth-order valence-electron chi connectivity index (χ4n) is 1.06. The number of fused-ring (bicyclic) bond motifs is 1. The molecule has 0 amide bonds. The average molecular weight is 198 g/mol. The van der Waals surface area contributed by atoms with Gasteiger partial charge < -0.3 is 4.74 Å². The van der Waals surface area contributed by atoms with Gasteiger partial charge in [-0.1, -0.05) is 18.2 Å². The Balaban J connectivity index is 0.000000605. The van der Waals surface area contributed by atoms with E-state index in [2.05, 4.69) is 0 Å². The van der Waals surface area contributed by atoms with E-state index in [0.29, 0.717) is 12.2 Å². The largest absolute Gasteiger partial charge is 0.426 e. The molecule has 2 rings (SSSR count). The second-order valence-corrected chi connectivity index (χ2v) is 2.26. The minimum atomic E-state index is -0.152. The van der Waals surface area contributed by atoms with Crippen LogP contribution in [0.2, 0.25) is 0 Å². The third-order valence-corrected chi connectivity index (χ3v) is 1.53. The molecule has 1 aliphatic heterocycles. The molecular weight excluding hydrogens is 192 g/mol. The van der Waals surface area contributed by atoms with Gasteiger partial charge in [0.25, 0.3) is 0 Å². The number of para-hydroxylation sites is 1. The van der Waals surface area contributed by atoms with Gasteiger partial charge in [0, 0.05) is 22.6 Å². The zero-order valence-electron chi connectivity index (χ0n) is 5.63. The summed E-state index contributed by atoms with van der Waals surface area (Å²) in [7, 11) is 0. The molecule has 11 heavy (non-hydrogen) atoms. The molecule has 0 fully saturated rings. The Bertz CT molecular complexity index is 256. The number of benzene rings is 1. The first-order valence-electron chi connectivity index (χ1n) is 3.15. The van der Waals surface area contributed by atoms with Crippen LogP contribution in [0, 0.1) is 0 Å². The van der Waals surface area contributed by atoms with Gasteiger partial charge in [-0.25, -0.2) is 0 Å². The fraction of sp³-hybridized carbons (Fsp3) is 0.125. The van der Waals surface area contributed by atoms with Crippen LogP contribution in [0.1, 0.15) is 5.56 Å². The predicted molar refractivity (Wildman–Crippen MR) is 35.8 cm³/mol. The molecule has 0 saturated heterocycles. The molecule has 1 radical (unpaired) electrons. The van der Waals surface area contributed by atoms with Crippen LogP contribution in [-0.2, 0) is 28.3 Å². The maximum Gasteiger partial charge on any atom is 0.315 e. The molecular formula is C8H6CuO2. The molecule has 61 valence electrons. The second-order valence-electron chi connectivity index (χ2n) is 2.26. The van der Waals surface area contributed by atoms with Gasteiger partial charge in [0.1, 0.15) is 5.75 Å². The number of carbonyl (C=O) groups excluding carboxylic acids is 1. The minimum absolute atomic E-state index is 0. The van der Waals surface area contributed by atoms with E-state index in [1.165, 1.54) is 0 Å². The molecule has 0 aliphatic carbocycles. The van der Waals surface area contributed by atoms with E-state index in [0.717, 1.165) is 5.56 Å². The molecule has 0 bridgehead atoms. The molecule has 0 atom stereocenters. The summed E-state index contributed by atoms with van der Waals surface area (Å²) < 4.78 is 4.87. The summed E-state index contributed by atoms with van der Waals surface area (Å²) in [6.07, 6.45) is 0.427. The molecule has 0 spiro atoms. The van der Waals surface area contributed by atoms with Crippen LogP contribution in [-0.4, -0.2) is 5.97 Å². The monoisotopic (exact) mass is 197 g/mol. The van der Waals surface area contributed by atoms with E-state index < -0.39 is 0 Å². The van der Waals surface area contributed by atoms with Gasteiger partial charge in [0.2, 0.25) is 0 Å². The first kappa shape index (κ1) is 8.31. The first-order valence-corrected chi connectivity index (χ1v) is 3.15. The third-order valence-electron chi connectivity index (χ3n) is 1.53. The zero-order chi connectivity index (χ0) is 6.97. The van der Waals surface area contributed by atoms with Crippen molar-refractivity contribution in [3.05, 3.63) is 29.8 Å². The van der Waals surface area contributed by atoms with Crippen molar-refractivity contribution >= 4 is 5.97 Å². The smallest absolute Gasteiger partial charge is 0.315 e. The van der Waals surface area contributed by atoms with Crippen LogP contribution >= 0.6 is 0 Å². The molecule has 0 saturated carbocycles. The van der Waals surface area contributed by atoms with Crippen LogP contribution in [0.15, 0.2) is 24.3 Å². The van der Waals surface area contributed by atoms with Gasteiger partial charge >= 0.3 is 5.97 Å². The van der Waals surface area contributed by atoms with E-state index in [1.54, 1.807) is 6.07 Å². The molecule has 0 unspecified atom stereocenters. The Kier molecular flexibility index (Phi) is 2.32. The Morgan fingerprint density at radius 2 is 2.00 bits per heavy atom. The number of esters is 1. The van der Waals surface area contributed by atoms with Crippen molar-refractivity contribution in [1.29, 1.82) is 0 Å². The van der Waals surface area contributed by atoms with Crippen LogP contribution in [0.4, 0.5) is 0 Å². The third kappa shape index (κ3) is 1.44. The summed E-state index contributed by atoms with van der Waals surface area (Å²) in [5, 5.41) is 0. The Hall–Kier alpha value is -0.791. The van der Waals surface area contributed by atoms with Gasteiger partial charge in [-0.05, 0) is 6.07 Å². The summed E-state index contributed by atoms with van der Waals surface area (Å²) in [6.45, 7) is 0. The standard InChI is InChI=1S/C8H6O2.Cu/c9-8-5-6-3-1-2-4-7(6)10-8;/h1-4H,5H2;. The maximum atomic E-state index is 10.7. The predicted octanol–water partition coefficient (Wildman–Crippen LogP) is 1.15. The molecule has 0 N–H and O–H groups in total. The molecule has 0 aromatic heterocycles. The first-order chi connectivity index (χ1) is 4.86. The summed E-state index contributed by atoms with van der Waals surface area (Å²) in [5.74, 6) is 0.564. The number of rotatable bonds is 0. The van der Waals surface area contributed by atoms with Gasteiger partial charge in [-0.15, -0.1) is 0 Å². The van der Waals surface area contributed by atoms with Crippen molar-refractivity contribution < 1.29 is 26.6 Å². The van der Waals surface area contributed by atoms with Crippen LogP contribution < -0.4 is 4.74 Å². The fourth-order valence-corrected chi connectivity index (χ4v) is 1.06. The van der Waals surface area contributed by atoms with Crippen molar-refractivity contribution in [1.82, 2.24) is 0 Å². The Morgan fingerprint density at radius 1 is 1.27 bits per heavy atom. The molecule has 1 aromatic rings. The van der Waals surface area contributed by atoms with Gasteiger partial charge in [0.05, 0.1) is 6.42 Å². The van der Waals surface area contributed by atoms with E-state index in [9.17, 15) is 4.79 Å². The van der Waals surface area contributed by atoms with Crippen molar-refractivity contribution in [3.63, 3.8) is 0 Å². The summed E-state index contributed by atoms with van der Waals surface area (Å²) in [4.78, 5) is 10.7. The molecule has 1 heterocycles. The summed E-state index contributed by atoms with van der Waals surface area (Å²) in [5.41, 5.74) is 0.993. The van der Waals surface area contributed by atoms with Crippen molar-refractivity contribution in [3.8, 4) is 5.75 Å².